The minimum atomic E-state index is -0.246. The van der Waals surface area contributed by atoms with Crippen molar-refractivity contribution in [2.45, 2.75) is 33.1 Å². The second kappa shape index (κ2) is 7.36. The normalized spacial score (nSPS) is 16.7. The van der Waals surface area contributed by atoms with Crippen LogP contribution in [0.25, 0.3) is 0 Å². The lowest BCUT2D eigenvalue weighted by molar-refractivity contribution is -0.122. The van der Waals surface area contributed by atoms with E-state index >= 15 is 0 Å². The molecule has 0 bridgehead atoms. The number of amides is 2. The average Bonchev–Trinajstić information content (AvgIpc) is 2.96. The number of hydrogen-bond donors (Lipinski definition) is 0. The first kappa shape index (κ1) is 17.6. The van der Waals surface area contributed by atoms with Crippen molar-refractivity contribution in [2.75, 3.05) is 4.90 Å². The van der Waals surface area contributed by atoms with Gasteiger partial charge in [-0.25, -0.2) is 9.88 Å². The summed E-state index contributed by atoms with van der Waals surface area (Å²) in [5.74, 6) is 0.321. The van der Waals surface area contributed by atoms with Crippen LogP contribution >= 0.6 is 0 Å². The maximum Gasteiger partial charge on any atom is 0.237 e. The third-order valence-electron chi connectivity index (χ3n) is 4.51. The van der Waals surface area contributed by atoms with E-state index in [1.54, 1.807) is 24.3 Å². The molecule has 1 aromatic heterocycles. The molecule has 1 atom stereocenters. The summed E-state index contributed by atoms with van der Waals surface area (Å²) in [5.41, 5.74) is 1.98. The number of hydrogen-bond acceptors (Lipinski definition) is 5. The lowest BCUT2D eigenvalue weighted by atomic mass is 10.1. The van der Waals surface area contributed by atoms with Gasteiger partial charge >= 0.3 is 0 Å². The Morgan fingerprint density at radius 3 is 2.65 bits per heavy atom. The highest BCUT2D eigenvalue weighted by Crippen LogP contribution is 2.29. The van der Waals surface area contributed by atoms with Gasteiger partial charge in [0, 0.05) is 18.4 Å². The first-order chi connectivity index (χ1) is 12.6. The van der Waals surface area contributed by atoms with Crippen molar-refractivity contribution in [1.29, 1.82) is 5.26 Å². The lowest BCUT2D eigenvalue weighted by Gasteiger charge is -2.15. The van der Waals surface area contributed by atoms with Crippen LogP contribution in [0.1, 0.15) is 37.8 Å². The zero-order valence-corrected chi connectivity index (χ0v) is 14.7. The SMILES string of the molecule is CCc1cc(Oc2ccc(N3C(=O)C[C@H](CC)C3=O)cn2)ccc1C#N. The number of pyridine rings is 1. The third-order valence-corrected chi connectivity index (χ3v) is 4.51. The van der Waals surface area contributed by atoms with Gasteiger partial charge in [-0.15, -0.1) is 0 Å². The number of imide groups is 1. The summed E-state index contributed by atoms with van der Waals surface area (Å²) in [6, 6.07) is 10.7. The molecule has 2 amide bonds. The second-order valence-electron chi connectivity index (χ2n) is 6.12. The number of nitriles is 1. The van der Waals surface area contributed by atoms with E-state index in [4.69, 9.17) is 10.00 Å². The molecule has 3 rings (SSSR count). The molecule has 2 aromatic rings. The fraction of sp³-hybridized carbons (Fsp3) is 0.300. The zero-order valence-electron chi connectivity index (χ0n) is 14.7. The van der Waals surface area contributed by atoms with Gasteiger partial charge in [0.2, 0.25) is 17.7 Å². The number of benzene rings is 1. The van der Waals surface area contributed by atoms with Crippen molar-refractivity contribution < 1.29 is 14.3 Å². The molecule has 0 saturated carbocycles. The van der Waals surface area contributed by atoms with E-state index in [1.807, 2.05) is 19.9 Å². The van der Waals surface area contributed by atoms with Crippen LogP contribution in [0, 0.1) is 17.2 Å². The lowest BCUT2D eigenvalue weighted by Crippen LogP contribution is -2.30. The van der Waals surface area contributed by atoms with Gasteiger partial charge in [0.15, 0.2) is 0 Å². The molecule has 1 aliphatic heterocycles. The van der Waals surface area contributed by atoms with Gasteiger partial charge in [-0.2, -0.15) is 5.26 Å². The van der Waals surface area contributed by atoms with Crippen LogP contribution in [0.2, 0.25) is 0 Å². The van der Waals surface area contributed by atoms with E-state index in [1.165, 1.54) is 11.1 Å². The van der Waals surface area contributed by atoms with E-state index in [9.17, 15) is 9.59 Å². The maximum absolute atomic E-state index is 12.3. The van der Waals surface area contributed by atoms with Crippen molar-refractivity contribution in [3.8, 4) is 17.7 Å². The fourth-order valence-electron chi connectivity index (χ4n) is 3.01. The summed E-state index contributed by atoms with van der Waals surface area (Å²) >= 11 is 0. The van der Waals surface area contributed by atoms with Crippen molar-refractivity contribution in [3.63, 3.8) is 0 Å². The summed E-state index contributed by atoms with van der Waals surface area (Å²) < 4.78 is 5.73. The second-order valence-corrected chi connectivity index (χ2v) is 6.12. The topological polar surface area (TPSA) is 83.3 Å². The van der Waals surface area contributed by atoms with E-state index in [2.05, 4.69) is 11.1 Å². The molecule has 6 nitrogen and oxygen atoms in total. The van der Waals surface area contributed by atoms with Crippen LogP contribution in [-0.4, -0.2) is 16.8 Å². The zero-order chi connectivity index (χ0) is 18.7. The minimum Gasteiger partial charge on any atom is -0.439 e. The maximum atomic E-state index is 12.3. The first-order valence-electron chi connectivity index (χ1n) is 8.61. The summed E-state index contributed by atoms with van der Waals surface area (Å²) in [5, 5.41) is 9.08. The van der Waals surface area contributed by atoms with Gasteiger partial charge in [0.25, 0.3) is 0 Å². The fourth-order valence-corrected chi connectivity index (χ4v) is 3.01. The van der Waals surface area contributed by atoms with E-state index in [-0.39, 0.29) is 24.2 Å². The first-order valence-corrected chi connectivity index (χ1v) is 8.61. The average molecular weight is 349 g/mol. The van der Waals surface area contributed by atoms with Crippen molar-refractivity contribution in [3.05, 3.63) is 47.7 Å². The molecule has 1 saturated heterocycles. The Morgan fingerprint density at radius 1 is 1.27 bits per heavy atom. The standard InChI is InChI=1S/C20H19N3O3/c1-3-13-9-17(7-5-15(13)11-21)26-18-8-6-16(12-22-18)23-19(24)10-14(4-2)20(23)25/h5-9,12,14H,3-4,10H2,1-2H3/t14-/m0/s1. The molecule has 1 fully saturated rings. The van der Waals surface area contributed by atoms with Gasteiger partial charge in [0.05, 0.1) is 23.5 Å². The largest absolute Gasteiger partial charge is 0.439 e. The molecule has 132 valence electrons. The van der Waals surface area contributed by atoms with Crippen LogP contribution in [0.15, 0.2) is 36.5 Å². The highest BCUT2D eigenvalue weighted by atomic mass is 16.5. The Bertz CT molecular complexity index is 884. The number of aryl methyl sites for hydroxylation is 1. The predicted molar refractivity (Wildman–Crippen MR) is 95.7 cm³/mol. The Labute approximate surface area is 152 Å². The van der Waals surface area contributed by atoms with Crippen LogP contribution in [0.5, 0.6) is 11.6 Å². The Hall–Kier alpha value is -3.20. The number of rotatable bonds is 5. The molecule has 1 aromatic carbocycles. The molecule has 0 unspecified atom stereocenters. The molecule has 0 N–H and O–H groups in total. The quantitative estimate of drug-likeness (QED) is 0.770. The van der Waals surface area contributed by atoms with Crippen LogP contribution in [0.3, 0.4) is 0 Å². The molecule has 0 aliphatic carbocycles. The number of carbonyl (C=O) groups excluding carboxylic acids is 2. The van der Waals surface area contributed by atoms with Crippen molar-refractivity contribution >= 4 is 17.5 Å². The van der Waals surface area contributed by atoms with Gasteiger partial charge in [-0.3, -0.25) is 9.59 Å². The smallest absolute Gasteiger partial charge is 0.237 e. The molecule has 0 radical (unpaired) electrons. The Kier molecular flexibility index (Phi) is 4.99. The number of aromatic nitrogens is 1. The number of anilines is 1. The molecule has 0 spiro atoms. The van der Waals surface area contributed by atoms with E-state index in [0.717, 1.165) is 12.0 Å². The highest BCUT2D eigenvalue weighted by molar-refractivity contribution is 6.20. The highest BCUT2D eigenvalue weighted by Gasteiger charge is 2.38. The predicted octanol–water partition coefficient (Wildman–Crippen LogP) is 3.60. The Morgan fingerprint density at radius 2 is 2.08 bits per heavy atom. The van der Waals surface area contributed by atoms with Crippen molar-refractivity contribution in [1.82, 2.24) is 4.98 Å². The monoisotopic (exact) mass is 349 g/mol. The molecule has 1 aliphatic rings. The molecular weight excluding hydrogens is 330 g/mol. The molecular formula is C20H19N3O3. The Balaban J connectivity index is 1.78. The van der Waals surface area contributed by atoms with Crippen LogP contribution < -0.4 is 9.64 Å². The molecule has 26 heavy (non-hydrogen) atoms. The number of ether oxygens (including phenoxy) is 1. The third kappa shape index (κ3) is 3.29. The van der Waals surface area contributed by atoms with Crippen molar-refractivity contribution in [2.24, 2.45) is 5.92 Å². The summed E-state index contributed by atoms with van der Waals surface area (Å²) in [4.78, 5) is 29.8. The summed E-state index contributed by atoms with van der Waals surface area (Å²) in [7, 11) is 0. The van der Waals surface area contributed by atoms with E-state index in [0.29, 0.717) is 29.3 Å². The van der Waals surface area contributed by atoms with Gasteiger partial charge in [0.1, 0.15) is 5.75 Å². The summed E-state index contributed by atoms with van der Waals surface area (Å²) in [6.45, 7) is 3.87. The molecule has 2 heterocycles. The van der Waals surface area contributed by atoms with E-state index < -0.39 is 0 Å². The molecule has 6 heteroatoms. The number of nitrogens with zero attached hydrogens (tertiary/aromatic N) is 3. The van der Waals surface area contributed by atoms with Gasteiger partial charge in [-0.1, -0.05) is 13.8 Å². The van der Waals surface area contributed by atoms with Gasteiger partial charge in [-0.05, 0) is 42.7 Å². The summed E-state index contributed by atoms with van der Waals surface area (Å²) in [6.07, 6.45) is 3.09. The minimum absolute atomic E-state index is 0.173. The van der Waals surface area contributed by atoms with Gasteiger partial charge < -0.3 is 4.74 Å². The van der Waals surface area contributed by atoms with Crippen LogP contribution in [-0.2, 0) is 16.0 Å². The number of carbonyl (C=O) groups is 2. The van der Waals surface area contributed by atoms with Crippen LogP contribution in [0.4, 0.5) is 5.69 Å².